The first-order valence-corrected chi connectivity index (χ1v) is 11.4. The Balaban J connectivity index is 1.53. The normalized spacial score (nSPS) is 21.5. The molecule has 0 radical (unpaired) electrons. The van der Waals surface area contributed by atoms with Gasteiger partial charge in [0.05, 0.1) is 27.3 Å². The summed E-state index contributed by atoms with van der Waals surface area (Å²) in [6.45, 7) is 4.49. The highest BCUT2D eigenvalue weighted by molar-refractivity contribution is 7.21. The number of anilines is 2. The average molecular weight is 439 g/mol. The van der Waals surface area contributed by atoms with Crippen LogP contribution < -0.4 is 10.6 Å². The highest BCUT2D eigenvalue weighted by Crippen LogP contribution is 2.38. The van der Waals surface area contributed by atoms with Crippen molar-refractivity contribution in [2.24, 2.45) is 5.92 Å². The van der Waals surface area contributed by atoms with E-state index in [4.69, 9.17) is 9.97 Å². The Bertz CT molecular complexity index is 1160. The molecule has 0 aromatic carbocycles. The van der Waals surface area contributed by atoms with Gasteiger partial charge in [-0.25, -0.2) is 9.97 Å². The third-order valence-electron chi connectivity index (χ3n) is 5.93. The molecule has 2 atom stereocenters. The fraction of sp³-hybridized carbons (Fsp3) is 0.455. The molecular weight excluding hydrogens is 412 g/mol. The highest BCUT2D eigenvalue weighted by atomic mass is 32.1. The van der Waals surface area contributed by atoms with Crippen molar-refractivity contribution in [3.63, 3.8) is 0 Å². The lowest BCUT2D eigenvalue weighted by atomic mass is 10.1. The minimum atomic E-state index is -0.635. The second-order valence-electron chi connectivity index (χ2n) is 8.51. The van der Waals surface area contributed by atoms with Gasteiger partial charge in [0.1, 0.15) is 16.3 Å². The zero-order valence-electron chi connectivity index (χ0n) is 17.6. The number of aliphatic hydroxyl groups excluding tert-OH is 1. The van der Waals surface area contributed by atoms with Gasteiger partial charge in [0.2, 0.25) is 5.95 Å². The summed E-state index contributed by atoms with van der Waals surface area (Å²) in [7, 11) is 0. The molecule has 0 bridgehead atoms. The lowest BCUT2D eigenvalue weighted by Crippen LogP contribution is -2.23. The van der Waals surface area contributed by atoms with Gasteiger partial charge in [-0.05, 0) is 39.2 Å². The fourth-order valence-electron chi connectivity index (χ4n) is 3.86. The summed E-state index contributed by atoms with van der Waals surface area (Å²) in [6.07, 6.45) is 8.34. The smallest absolute Gasteiger partial charge is 0.225 e. The van der Waals surface area contributed by atoms with Crippen molar-refractivity contribution in [1.29, 1.82) is 0 Å². The van der Waals surface area contributed by atoms with E-state index in [2.05, 4.69) is 26.7 Å². The molecule has 2 aliphatic carbocycles. The first-order chi connectivity index (χ1) is 14.9. The van der Waals surface area contributed by atoms with Crippen molar-refractivity contribution in [3.8, 4) is 10.6 Å². The van der Waals surface area contributed by atoms with Gasteiger partial charge >= 0.3 is 0 Å². The minimum absolute atomic E-state index is 0.0726. The van der Waals surface area contributed by atoms with E-state index < -0.39 is 5.60 Å². The van der Waals surface area contributed by atoms with Crippen molar-refractivity contribution in [1.82, 2.24) is 19.9 Å². The van der Waals surface area contributed by atoms with Crippen LogP contribution in [0.15, 0.2) is 24.4 Å². The van der Waals surface area contributed by atoms with Crippen molar-refractivity contribution in [2.45, 2.75) is 44.8 Å². The molecule has 3 heterocycles. The highest BCUT2D eigenvalue weighted by Gasteiger charge is 2.40. The summed E-state index contributed by atoms with van der Waals surface area (Å²) in [5.74, 6) is 1.35. The lowest BCUT2D eigenvalue weighted by Gasteiger charge is -2.18. The lowest BCUT2D eigenvalue weighted by molar-refractivity contribution is 0.164. The Labute approximate surface area is 184 Å². The third kappa shape index (κ3) is 4.13. The van der Waals surface area contributed by atoms with Gasteiger partial charge in [-0.2, -0.15) is 4.98 Å². The van der Waals surface area contributed by atoms with Crippen LogP contribution in [-0.4, -0.2) is 54.9 Å². The molecule has 0 amide bonds. The molecule has 1 saturated carbocycles. The molecule has 162 valence electrons. The van der Waals surface area contributed by atoms with E-state index in [1.807, 2.05) is 26.0 Å². The topological polar surface area (TPSA) is 116 Å². The van der Waals surface area contributed by atoms with Crippen LogP contribution in [0.4, 0.5) is 11.8 Å². The van der Waals surface area contributed by atoms with E-state index in [1.165, 1.54) is 0 Å². The molecule has 0 spiro atoms. The third-order valence-corrected chi connectivity index (χ3v) is 6.96. The van der Waals surface area contributed by atoms with E-state index >= 15 is 0 Å². The number of thiazole rings is 1. The molecular formula is C22H26N6O2S. The van der Waals surface area contributed by atoms with Crippen LogP contribution in [0.25, 0.3) is 20.8 Å². The van der Waals surface area contributed by atoms with Gasteiger partial charge in [0, 0.05) is 31.3 Å². The van der Waals surface area contributed by atoms with Gasteiger partial charge in [0.15, 0.2) is 0 Å². The van der Waals surface area contributed by atoms with Crippen LogP contribution in [0.5, 0.6) is 0 Å². The van der Waals surface area contributed by atoms with E-state index in [-0.39, 0.29) is 18.6 Å². The maximum Gasteiger partial charge on any atom is 0.225 e. The Morgan fingerprint density at radius 2 is 2.00 bits per heavy atom. The summed E-state index contributed by atoms with van der Waals surface area (Å²) in [5, 5.41) is 27.2. The molecule has 4 N–H and O–H groups in total. The minimum Gasteiger partial charge on any atom is -0.396 e. The zero-order valence-corrected chi connectivity index (χ0v) is 18.4. The first kappa shape index (κ1) is 20.3. The maximum atomic E-state index is 10.2. The Kier molecular flexibility index (Phi) is 5.11. The van der Waals surface area contributed by atoms with Crippen LogP contribution >= 0.6 is 11.3 Å². The molecule has 2 aliphatic rings. The second-order valence-corrected chi connectivity index (χ2v) is 9.54. The monoisotopic (exact) mass is 438 g/mol. The number of pyridine rings is 1. The number of aryl methyl sites for hydroxylation is 2. The van der Waals surface area contributed by atoms with Gasteiger partial charge in [0.25, 0.3) is 0 Å². The van der Waals surface area contributed by atoms with Crippen molar-refractivity contribution in [3.05, 3.63) is 35.8 Å². The number of hydrogen-bond acceptors (Lipinski definition) is 9. The molecule has 0 aliphatic heterocycles. The molecule has 1 fully saturated rings. The van der Waals surface area contributed by atoms with Gasteiger partial charge in [-0.1, -0.05) is 12.2 Å². The van der Waals surface area contributed by atoms with E-state index in [0.29, 0.717) is 18.3 Å². The average Bonchev–Trinajstić information content (AvgIpc) is 3.14. The van der Waals surface area contributed by atoms with Crippen LogP contribution in [0.2, 0.25) is 0 Å². The number of aliphatic hydroxyl groups is 2. The number of hydrogen-bond donors (Lipinski definition) is 4. The van der Waals surface area contributed by atoms with Gasteiger partial charge in [-0.15, -0.1) is 11.3 Å². The van der Waals surface area contributed by atoms with Crippen LogP contribution in [0, 0.1) is 19.8 Å². The van der Waals surface area contributed by atoms with E-state index in [9.17, 15) is 10.2 Å². The summed E-state index contributed by atoms with van der Waals surface area (Å²) < 4.78 is 1.08. The van der Waals surface area contributed by atoms with Crippen molar-refractivity contribution < 1.29 is 10.2 Å². The fourth-order valence-corrected chi connectivity index (χ4v) is 4.97. The Hall–Kier alpha value is -2.62. The SMILES string of the molecule is Cc1nc(NCC2(O)CC2)nc(N[C@H]2C=C[C@@H](CO)C2)c1-c1nc2c(C)nccc2s1. The standard InChI is InChI=1S/C22H26N6O2S/c1-12-17(20-27-18-13(2)23-8-5-16(18)31-20)19(26-15-4-3-14(9-15)10-29)28-21(25-12)24-11-22(30)6-7-22/h3-5,8,14-15,29-30H,6-7,9-11H2,1-2H3,(H2,24,25,26,28)/t14-,15+/m1/s1. The first-order valence-electron chi connectivity index (χ1n) is 10.6. The van der Waals surface area contributed by atoms with E-state index in [0.717, 1.165) is 51.4 Å². The molecule has 5 rings (SSSR count). The number of aromatic nitrogens is 4. The zero-order chi connectivity index (χ0) is 21.6. The van der Waals surface area contributed by atoms with E-state index in [1.54, 1.807) is 17.5 Å². The summed E-state index contributed by atoms with van der Waals surface area (Å²) in [4.78, 5) is 18.6. The molecule has 31 heavy (non-hydrogen) atoms. The molecule has 9 heteroatoms. The quantitative estimate of drug-likeness (QED) is 0.416. The molecule has 0 saturated heterocycles. The van der Waals surface area contributed by atoms with Crippen molar-refractivity contribution in [2.75, 3.05) is 23.8 Å². The van der Waals surface area contributed by atoms with Crippen LogP contribution in [-0.2, 0) is 0 Å². The molecule has 3 aromatic rings. The van der Waals surface area contributed by atoms with Crippen molar-refractivity contribution >= 4 is 33.3 Å². The maximum absolute atomic E-state index is 10.2. The summed E-state index contributed by atoms with van der Waals surface area (Å²) in [6, 6.07) is 2.05. The predicted octanol–water partition coefficient (Wildman–Crippen LogP) is 3.05. The summed E-state index contributed by atoms with van der Waals surface area (Å²) >= 11 is 1.60. The predicted molar refractivity (Wildman–Crippen MR) is 122 cm³/mol. The number of nitrogens with zero attached hydrogens (tertiary/aromatic N) is 4. The van der Waals surface area contributed by atoms with Crippen LogP contribution in [0.3, 0.4) is 0 Å². The number of nitrogens with one attached hydrogen (secondary N) is 2. The number of rotatable bonds is 7. The van der Waals surface area contributed by atoms with Gasteiger partial charge < -0.3 is 20.8 Å². The molecule has 0 unspecified atom stereocenters. The Morgan fingerprint density at radius 1 is 1.16 bits per heavy atom. The second kappa shape index (κ2) is 7.81. The largest absolute Gasteiger partial charge is 0.396 e. The van der Waals surface area contributed by atoms with Gasteiger partial charge in [-0.3, -0.25) is 4.98 Å². The molecule has 3 aromatic heterocycles. The number of fused-ring (bicyclic) bond motifs is 1. The molecule has 8 nitrogen and oxygen atoms in total. The summed E-state index contributed by atoms with van der Waals surface area (Å²) in [5.41, 5.74) is 2.84. The van der Waals surface area contributed by atoms with Crippen LogP contribution in [0.1, 0.15) is 30.7 Å². The Morgan fingerprint density at radius 3 is 2.71 bits per heavy atom.